The van der Waals surface area contributed by atoms with Crippen molar-refractivity contribution in [2.75, 3.05) is 0 Å². The second-order valence-electron chi connectivity index (χ2n) is 4.12. The van der Waals surface area contributed by atoms with Crippen LogP contribution in [0.5, 0.6) is 0 Å². The SMILES string of the molecule is CCc1ccc(C(Cl)c2cc(Br)ccc2Br)cc1. The van der Waals surface area contributed by atoms with Gasteiger partial charge in [0.25, 0.3) is 0 Å². The lowest BCUT2D eigenvalue weighted by molar-refractivity contribution is 1.09. The van der Waals surface area contributed by atoms with E-state index in [1.165, 1.54) is 5.56 Å². The number of hydrogen-bond acceptors (Lipinski definition) is 0. The molecule has 0 spiro atoms. The summed E-state index contributed by atoms with van der Waals surface area (Å²) in [4.78, 5) is 0. The zero-order valence-electron chi connectivity index (χ0n) is 9.96. The van der Waals surface area contributed by atoms with Crippen LogP contribution in [0.3, 0.4) is 0 Å². The molecule has 0 saturated heterocycles. The molecule has 0 heterocycles. The van der Waals surface area contributed by atoms with Gasteiger partial charge in [-0.05, 0) is 41.3 Å². The van der Waals surface area contributed by atoms with Gasteiger partial charge in [0, 0.05) is 8.95 Å². The standard InChI is InChI=1S/C15H13Br2Cl/c1-2-10-3-5-11(6-4-10)15(18)13-9-12(16)7-8-14(13)17/h3-9,15H,2H2,1H3. The maximum Gasteiger partial charge on any atom is 0.0846 e. The largest absolute Gasteiger partial charge is 0.113 e. The molecule has 0 aliphatic rings. The van der Waals surface area contributed by atoms with E-state index in [9.17, 15) is 0 Å². The highest BCUT2D eigenvalue weighted by Gasteiger charge is 2.14. The van der Waals surface area contributed by atoms with E-state index in [1.807, 2.05) is 12.1 Å². The molecule has 94 valence electrons. The minimum atomic E-state index is -0.136. The Morgan fingerprint density at radius 1 is 1.06 bits per heavy atom. The zero-order valence-corrected chi connectivity index (χ0v) is 13.9. The molecule has 0 saturated carbocycles. The molecule has 0 nitrogen and oxygen atoms in total. The predicted molar refractivity (Wildman–Crippen MR) is 85.4 cm³/mol. The second kappa shape index (κ2) is 6.23. The summed E-state index contributed by atoms with van der Waals surface area (Å²) in [6.07, 6.45) is 1.05. The van der Waals surface area contributed by atoms with E-state index in [-0.39, 0.29) is 5.38 Å². The molecule has 2 aromatic rings. The van der Waals surface area contributed by atoms with Gasteiger partial charge in [0.05, 0.1) is 5.38 Å². The maximum atomic E-state index is 6.55. The van der Waals surface area contributed by atoms with E-state index in [0.717, 1.165) is 26.5 Å². The number of alkyl halides is 1. The fourth-order valence-electron chi connectivity index (χ4n) is 1.81. The lowest BCUT2D eigenvalue weighted by Crippen LogP contribution is -1.95. The molecule has 0 radical (unpaired) electrons. The predicted octanol–water partition coefficient (Wildman–Crippen LogP) is 6.10. The molecule has 0 aliphatic carbocycles. The molecule has 0 bridgehead atoms. The third kappa shape index (κ3) is 3.17. The first kappa shape index (κ1) is 14.1. The third-order valence-corrected chi connectivity index (χ3v) is 4.61. The smallest absolute Gasteiger partial charge is 0.0846 e. The summed E-state index contributed by atoms with van der Waals surface area (Å²) in [6.45, 7) is 2.15. The Morgan fingerprint density at radius 3 is 2.33 bits per heavy atom. The van der Waals surface area contributed by atoms with Gasteiger partial charge in [0.15, 0.2) is 0 Å². The number of rotatable bonds is 3. The van der Waals surface area contributed by atoms with Crippen molar-refractivity contribution < 1.29 is 0 Å². The molecule has 18 heavy (non-hydrogen) atoms. The van der Waals surface area contributed by atoms with E-state index >= 15 is 0 Å². The van der Waals surface area contributed by atoms with Crippen LogP contribution in [0.25, 0.3) is 0 Å². The van der Waals surface area contributed by atoms with Crippen molar-refractivity contribution in [2.24, 2.45) is 0 Å². The Hall–Kier alpha value is -0.310. The molecule has 0 N–H and O–H groups in total. The number of benzene rings is 2. The fraction of sp³-hybridized carbons (Fsp3) is 0.200. The minimum absolute atomic E-state index is 0.136. The van der Waals surface area contributed by atoms with Crippen LogP contribution in [-0.4, -0.2) is 0 Å². The molecule has 1 atom stereocenters. The first-order valence-electron chi connectivity index (χ1n) is 5.79. The highest BCUT2D eigenvalue weighted by Crippen LogP contribution is 2.35. The summed E-state index contributed by atoms with van der Waals surface area (Å²) >= 11 is 13.6. The Labute approximate surface area is 130 Å². The van der Waals surface area contributed by atoms with Crippen LogP contribution in [0.2, 0.25) is 0 Å². The first-order chi connectivity index (χ1) is 8.61. The molecule has 0 aliphatic heterocycles. The summed E-state index contributed by atoms with van der Waals surface area (Å²) < 4.78 is 2.07. The van der Waals surface area contributed by atoms with Crippen LogP contribution in [-0.2, 0) is 6.42 Å². The van der Waals surface area contributed by atoms with Crippen molar-refractivity contribution in [3.63, 3.8) is 0 Å². The van der Waals surface area contributed by atoms with Gasteiger partial charge in [-0.15, -0.1) is 11.6 Å². The Bertz CT molecular complexity index is 535. The van der Waals surface area contributed by atoms with Gasteiger partial charge in [-0.1, -0.05) is 63.0 Å². The van der Waals surface area contributed by atoms with Crippen LogP contribution in [0.1, 0.15) is 29.0 Å². The Balaban J connectivity index is 2.34. The monoisotopic (exact) mass is 386 g/mol. The molecular weight excluding hydrogens is 375 g/mol. The van der Waals surface area contributed by atoms with Gasteiger partial charge in [-0.3, -0.25) is 0 Å². The van der Waals surface area contributed by atoms with Crippen LogP contribution in [0.15, 0.2) is 51.4 Å². The summed E-state index contributed by atoms with van der Waals surface area (Å²) in [7, 11) is 0. The lowest BCUT2D eigenvalue weighted by atomic mass is 10.0. The summed E-state index contributed by atoms with van der Waals surface area (Å²) in [6, 6.07) is 14.5. The highest BCUT2D eigenvalue weighted by atomic mass is 79.9. The third-order valence-electron chi connectivity index (χ3n) is 2.91. The molecule has 3 heteroatoms. The quantitative estimate of drug-likeness (QED) is 0.557. The first-order valence-corrected chi connectivity index (χ1v) is 7.82. The van der Waals surface area contributed by atoms with Gasteiger partial charge < -0.3 is 0 Å². The van der Waals surface area contributed by atoms with E-state index < -0.39 is 0 Å². The summed E-state index contributed by atoms with van der Waals surface area (Å²) in [5, 5.41) is -0.136. The van der Waals surface area contributed by atoms with Crippen molar-refractivity contribution in [3.05, 3.63) is 68.1 Å². The highest BCUT2D eigenvalue weighted by molar-refractivity contribution is 9.11. The van der Waals surface area contributed by atoms with Crippen molar-refractivity contribution in [1.29, 1.82) is 0 Å². The van der Waals surface area contributed by atoms with Gasteiger partial charge in [-0.25, -0.2) is 0 Å². The number of aryl methyl sites for hydroxylation is 1. The molecule has 2 rings (SSSR count). The van der Waals surface area contributed by atoms with Gasteiger partial charge >= 0.3 is 0 Å². The van der Waals surface area contributed by atoms with Crippen molar-refractivity contribution in [3.8, 4) is 0 Å². The number of halogens is 3. The normalized spacial score (nSPS) is 12.4. The van der Waals surface area contributed by atoms with Crippen LogP contribution < -0.4 is 0 Å². The molecule has 1 unspecified atom stereocenters. The van der Waals surface area contributed by atoms with Crippen molar-refractivity contribution >= 4 is 43.5 Å². The molecule has 2 aromatic carbocycles. The molecular formula is C15H13Br2Cl. The van der Waals surface area contributed by atoms with Crippen LogP contribution >= 0.6 is 43.5 Å². The van der Waals surface area contributed by atoms with Crippen LogP contribution in [0, 0.1) is 0 Å². The Morgan fingerprint density at radius 2 is 1.72 bits per heavy atom. The fourth-order valence-corrected chi connectivity index (χ4v) is 3.12. The molecule has 0 amide bonds. The minimum Gasteiger partial charge on any atom is -0.113 e. The zero-order chi connectivity index (χ0) is 13.1. The van der Waals surface area contributed by atoms with Crippen molar-refractivity contribution in [1.82, 2.24) is 0 Å². The van der Waals surface area contributed by atoms with Gasteiger partial charge in [0.2, 0.25) is 0 Å². The van der Waals surface area contributed by atoms with Crippen molar-refractivity contribution in [2.45, 2.75) is 18.7 Å². The summed E-state index contributed by atoms with van der Waals surface area (Å²) in [5.41, 5.74) is 3.53. The maximum absolute atomic E-state index is 6.55. The van der Waals surface area contributed by atoms with E-state index in [4.69, 9.17) is 11.6 Å². The average molecular weight is 389 g/mol. The lowest BCUT2D eigenvalue weighted by Gasteiger charge is -2.13. The van der Waals surface area contributed by atoms with Crippen LogP contribution in [0.4, 0.5) is 0 Å². The topological polar surface area (TPSA) is 0 Å². The molecule has 0 fully saturated rings. The Kier molecular flexibility index (Phi) is 4.88. The van der Waals surface area contributed by atoms with E-state index in [1.54, 1.807) is 0 Å². The van der Waals surface area contributed by atoms with Gasteiger partial charge in [-0.2, -0.15) is 0 Å². The molecule has 0 aromatic heterocycles. The second-order valence-corrected chi connectivity index (χ2v) is 6.33. The van der Waals surface area contributed by atoms with E-state index in [0.29, 0.717) is 0 Å². The summed E-state index contributed by atoms with van der Waals surface area (Å²) in [5.74, 6) is 0. The average Bonchev–Trinajstić information content (AvgIpc) is 2.41. The van der Waals surface area contributed by atoms with E-state index in [2.05, 4.69) is 69.1 Å². The number of hydrogen-bond donors (Lipinski definition) is 0. The van der Waals surface area contributed by atoms with Gasteiger partial charge in [0.1, 0.15) is 0 Å².